The number of methoxy groups -OCH3 is 2. The molecule has 0 aliphatic carbocycles. The molecule has 0 spiro atoms. The van der Waals surface area contributed by atoms with Gasteiger partial charge in [0.2, 0.25) is 0 Å². The lowest BCUT2D eigenvalue weighted by Gasteiger charge is -2.10. The molecule has 0 bridgehead atoms. The third kappa shape index (κ3) is 6.90. The fraction of sp³-hybridized carbons (Fsp3) is 0.500. The number of carbonyl (C=O) groups excluding carboxylic acids is 2. The summed E-state index contributed by atoms with van der Waals surface area (Å²) in [5.74, 6) is 1.00. The lowest BCUT2D eigenvalue weighted by atomic mass is 10.1. The Hall–Kier alpha value is -2.44. The van der Waals surface area contributed by atoms with E-state index in [2.05, 4.69) is 10.6 Å². The molecule has 2 N–H and O–H groups in total. The molecule has 0 heterocycles. The number of nitrogens with one attached hydrogen (secondary N) is 2. The molecule has 2 amide bonds. The second kappa shape index (κ2) is 10.3. The molecule has 0 aliphatic heterocycles. The highest BCUT2D eigenvalue weighted by Crippen LogP contribution is 2.27. The minimum Gasteiger partial charge on any atom is -0.493 e. The van der Waals surface area contributed by atoms with Crippen LogP contribution in [-0.4, -0.2) is 45.9 Å². The van der Waals surface area contributed by atoms with Crippen LogP contribution in [0.25, 0.3) is 0 Å². The molecule has 7 heteroatoms. The van der Waals surface area contributed by atoms with Gasteiger partial charge in [-0.3, -0.25) is 4.79 Å². The quantitative estimate of drug-likeness (QED) is 0.672. The smallest absolute Gasteiger partial charge is 0.314 e. The molecule has 7 nitrogen and oxygen atoms in total. The SMILES string of the molecule is CCOC(=O)CCNC(=O)NCCc1ccc(OC)c(OC)c1. The van der Waals surface area contributed by atoms with E-state index in [1.807, 2.05) is 18.2 Å². The number of hydrogen-bond donors (Lipinski definition) is 2. The van der Waals surface area contributed by atoms with Crippen LogP contribution in [0.5, 0.6) is 11.5 Å². The Morgan fingerprint density at radius 3 is 2.39 bits per heavy atom. The van der Waals surface area contributed by atoms with Crippen LogP contribution in [0.3, 0.4) is 0 Å². The number of ether oxygens (including phenoxy) is 3. The van der Waals surface area contributed by atoms with Crippen molar-refractivity contribution in [3.63, 3.8) is 0 Å². The Bertz CT molecular complexity index is 519. The van der Waals surface area contributed by atoms with Gasteiger partial charge in [0.05, 0.1) is 27.2 Å². The van der Waals surface area contributed by atoms with Crippen LogP contribution in [0.15, 0.2) is 18.2 Å². The molecule has 1 aromatic carbocycles. The molecule has 0 aliphatic rings. The lowest BCUT2D eigenvalue weighted by molar-refractivity contribution is -0.142. The van der Waals surface area contributed by atoms with Crippen LogP contribution in [0.2, 0.25) is 0 Å². The number of esters is 1. The third-order valence-corrected chi connectivity index (χ3v) is 3.07. The van der Waals surface area contributed by atoms with Gasteiger partial charge in [0.1, 0.15) is 0 Å². The van der Waals surface area contributed by atoms with Gasteiger partial charge in [-0.25, -0.2) is 4.79 Å². The van der Waals surface area contributed by atoms with Gasteiger partial charge in [0, 0.05) is 13.1 Å². The van der Waals surface area contributed by atoms with Crippen LogP contribution >= 0.6 is 0 Å². The van der Waals surface area contributed by atoms with E-state index in [0.717, 1.165) is 5.56 Å². The average Bonchev–Trinajstić information content (AvgIpc) is 2.55. The summed E-state index contributed by atoms with van der Waals surface area (Å²) in [6.45, 7) is 2.81. The first-order valence-electron chi connectivity index (χ1n) is 7.49. The fourth-order valence-electron chi connectivity index (χ4n) is 1.93. The van der Waals surface area contributed by atoms with Crippen molar-refractivity contribution in [3.05, 3.63) is 23.8 Å². The predicted octanol–water partition coefficient (Wildman–Crippen LogP) is 1.50. The summed E-state index contributed by atoms with van der Waals surface area (Å²) in [7, 11) is 3.16. The van der Waals surface area contributed by atoms with Crippen molar-refractivity contribution in [1.82, 2.24) is 10.6 Å². The zero-order valence-corrected chi connectivity index (χ0v) is 13.8. The highest BCUT2D eigenvalue weighted by molar-refractivity contribution is 5.75. The topological polar surface area (TPSA) is 85.9 Å². The molecule has 0 unspecified atom stereocenters. The molecule has 0 saturated heterocycles. The minimum atomic E-state index is -0.321. The summed E-state index contributed by atoms with van der Waals surface area (Å²) < 4.78 is 15.2. The number of hydrogen-bond acceptors (Lipinski definition) is 5. The highest BCUT2D eigenvalue weighted by Gasteiger charge is 2.06. The number of amides is 2. The van der Waals surface area contributed by atoms with Crippen molar-refractivity contribution in [2.75, 3.05) is 33.9 Å². The summed E-state index contributed by atoms with van der Waals surface area (Å²) in [5.41, 5.74) is 1.02. The monoisotopic (exact) mass is 324 g/mol. The van der Waals surface area contributed by atoms with Crippen molar-refractivity contribution in [3.8, 4) is 11.5 Å². The summed E-state index contributed by atoms with van der Waals surface area (Å²) in [4.78, 5) is 22.7. The third-order valence-electron chi connectivity index (χ3n) is 3.07. The van der Waals surface area contributed by atoms with Crippen molar-refractivity contribution in [2.45, 2.75) is 19.8 Å². The van der Waals surface area contributed by atoms with Gasteiger partial charge < -0.3 is 24.8 Å². The summed E-state index contributed by atoms with van der Waals surface area (Å²) in [5, 5.41) is 5.33. The summed E-state index contributed by atoms with van der Waals surface area (Å²) in [6.07, 6.45) is 0.822. The maximum atomic E-state index is 11.6. The van der Waals surface area contributed by atoms with Crippen molar-refractivity contribution < 1.29 is 23.8 Å². The summed E-state index contributed by atoms with van der Waals surface area (Å²) in [6, 6.07) is 5.31. The predicted molar refractivity (Wildman–Crippen MR) is 85.9 cm³/mol. The van der Waals surface area contributed by atoms with Gasteiger partial charge in [-0.15, -0.1) is 0 Å². The first-order valence-corrected chi connectivity index (χ1v) is 7.49. The zero-order chi connectivity index (χ0) is 17.1. The standard InChI is InChI=1S/C16H24N2O5/c1-4-23-15(19)8-10-18-16(20)17-9-7-12-5-6-13(21-2)14(11-12)22-3/h5-6,11H,4,7-10H2,1-3H3,(H2,17,18,20). The molecule has 23 heavy (non-hydrogen) atoms. The first-order chi connectivity index (χ1) is 11.1. The van der Waals surface area contributed by atoms with E-state index >= 15 is 0 Å². The van der Waals surface area contributed by atoms with Crippen LogP contribution in [0.1, 0.15) is 18.9 Å². The van der Waals surface area contributed by atoms with E-state index in [1.54, 1.807) is 21.1 Å². The van der Waals surface area contributed by atoms with Crippen molar-refractivity contribution in [2.24, 2.45) is 0 Å². The van der Waals surface area contributed by atoms with Gasteiger partial charge in [0.25, 0.3) is 0 Å². The molecule has 128 valence electrons. The Labute approximate surface area is 136 Å². The second-order valence-corrected chi connectivity index (χ2v) is 4.68. The Kier molecular flexibility index (Phi) is 8.34. The maximum absolute atomic E-state index is 11.6. The summed E-state index contributed by atoms with van der Waals surface area (Å²) >= 11 is 0. The molecule has 0 radical (unpaired) electrons. The van der Waals surface area contributed by atoms with Crippen molar-refractivity contribution >= 4 is 12.0 Å². The number of urea groups is 1. The maximum Gasteiger partial charge on any atom is 0.314 e. The number of carbonyl (C=O) groups is 2. The van der Waals surface area contributed by atoms with Crippen molar-refractivity contribution in [1.29, 1.82) is 0 Å². The Balaban J connectivity index is 2.28. The molecular weight excluding hydrogens is 300 g/mol. The Morgan fingerprint density at radius 1 is 1.04 bits per heavy atom. The average molecular weight is 324 g/mol. The highest BCUT2D eigenvalue weighted by atomic mass is 16.5. The molecule has 0 atom stereocenters. The zero-order valence-electron chi connectivity index (χ0n) is 13.8. The van der Waals surface area contributed by atoms with Gasteiger partial charge in [-0.05, 0) is 31.0 Å². The van der Waals surface area contributed by atoms with E-state index in [9.17, 15) is 9.59 Å². The molecule has 0 aromatic heterocycles. The fourth-order valence-corrected chi connectivity index (χ4v) is 1.93. The lowest BCUT2D eigenvalue weighted by Crippen LogP contribution is -2.37. The van der Waals surface area contributed by atoms with Gasteiger partial charge in [0.15, 0.2) is 11.5 Å². The molecule has 1 aromatic rings. The van der Waals surface area contributed by atoms with Crippen LogP contribution in [0.4, 0.5) is 4.79 Å². The van der Waals surface area contributed by atoms with E-state index in [0.29, 0.717) is 31.1 Å². The van der Waals surface area contributed by atoms with Crippen LogP contribution < -0.4 is 20.1 Å². The van der Waals surface area contributed by atoms with Crippen LogP contribution in [-0.2, 0) is 16.0 Å². The minimum absolute atomic E-state index is 0.164. The molecule has 0 saturated carbocycles. The van der Waals surface area contributed by atoms with E-state index < -0.39 is 0 Å². The second-order valence-electron chi connectivity index (χ2n) is 4.68. The van der Waals surface area contributed by atoms with E-state index in [-0.39, 0.29) is 25.0 Å². The van der Waals surface area contributed by atoms with E-state index in [4.69, 9.17) is 14.2 Å². The van der Waals surface area contributed by atoms with Gasteiger partial charge in [-0.2, -0.15) is 0 Å². The first kappa shape index (κ1) is 18.6. The molecular formula is C16H24N2O5. The Morgan fingerprint density at radius 2 is 1.74 bits per heavy atom. The molecule has 1 rings (SSSR count). The number of rotatable bonds is 9. The van der Waals surface area contributed by atoms with E-state index in [1.165, 1.54) is 0 Å². The largest absolute Gasteiger partial charge is 0.493 e. The number of benzene rings is 1. The normalized spacial score (nSPS) is 9.87. The molecule has 0 fully saturated rings. The van der Waals surface area contributed by atoms with Crippen LogP contribution in [0, 0.1) is 0 Å². The van der Waals surface area contributed by atoms with Gasteiger partial charge in [-0.1, -0.05) is 6.07 Å². The van der Waals surface area contributed by atoms with Gasteiger partial charge >= 0.3 is 12.0 Å².